The molecule has 156 valence electrons. The molecule has 0 spiro atoms. The average Bonchev–Trinajstić information content (AvgIpc) is 3.10. The second-order valence-electron chi connectivity index (χ2n) is 7.72. The van der Waals surface area contributed by atoms with E-state index in [0.29, 0.717) is 0 Å². The third-order valence-electron chi connectivity index (χ3n) is 5.16. The lowest BCUT2D eigenvalue weighted by Gasteiger charge is -2.25. The fraction of sp³-hybridized carbons (Fsp3) is 0.400. The largest absolute Gasteiger partial charge is 0.383 e. The molecule has 1 aliphatic carbocycles. The highest BCUT2D eigenvalue weighted by atomic mass is 15.0. The zero-order chi connectivity index (χ0) is 21.4. The van der Waals surface area contributed by atoms with Crippen molar-refractivity contribution in [3.05, 3.63) is 77.7 Å². The van der Waals surface area contributed by atoms with Crippen LogP contribution in [0, 0.1) is 0 Å². The van der Waals surface area contributed by atoms with Crippen molar-refractivity contribution in [3.63, 3.8) is 0 Å². The molecular formula is C25H36N4. The Labute approximate surface area is 176 Å². The molecule has 0 aromatic heterocycles. The number of likely N-dealkylation sites (N-methyl/N-ethyl adjacent to an activating group) is 1. The third-order valence-corrected chi connectivity index (χ3v) is 5.16. The van der Waals surface area contributed by atoms with Crippen molar-refractivity contribution in [2.24, 2.45) is 4.99 Å². The van der Waals surface area contributed by atoms with E-state index in [-0.39, 0.29) is 12.1 Å². The molecule has 0 saturated carbocycles. The van der Waals surface area contributed by atoms with Crippen LogP contribution in [0.4, 0.5) is 0 Å². The lowest BCUT2D eigenvalue weighted by atomic mass is 9.97. The molecule has 0 heterocycles. The Balaban J connectivity index is 2.21. The molecule has 1 aromatic rings. The Morgan fingerprint density at radius 2 is 2.10 bits per heavy atom. The SMILES string of the molecule is C=Cc1ccc2c(c1)CC[C@@H]2NC(=C)C(=C)/C(=C/N(C)C)C(CNC)N=CCC. The number of rotatable bonds is 11. The predicted octanol–water partition coefficient (Wildman–Crippen LogP) is 4.49. The molecule has 29 heavy (non-hydrogen) atoms. The molecule has 1 unspecified atom stereocenters. The van der Waals surface area contributed by atoms with Crippen LogP contribution in [0.5, 0.6) is 0 Å². The first-order chi connectivity index (χ1) is 13.9. The highest BCUT2D eigenvalue weighted by molar-refractivity contribution is 5.59. The number of aliphatic imine (C=N–C) groups is 1. The summed E-state index contributed by atoms with van der Waals surface area (Å²) in [7, 11) is 5.99. The van der Waals surface area contributed by atoms with E-state index in [4.69, 9.17) is 4.99 Å². The number of fused-ring (bicyclic) bond motifs is 1. The fourth-order valence-corrected chi connectivity index (χ4v) is 3.70. The molecule has 2 N–H and O–H groups in total. The number of hydrogen-bond acceptors (Lipinski definition) is 4. The summed E-state index contributed by atoms with van der Waals surface area (Å²) in [6.07, 6.45) is 9.01. The molecule has 0 saturated heterocycles. The van der Waals surface area contributed by atoms with Crippen molar-refractivity contribution in [1.82, 2.24) is 15.5 Å². The van der Waals surface area contributed by atoms with E-state index >= 15 is 0 Å². The Bertz CT molecular complexity index is 801. The van der Waals surface area contributed by atoms with E-state index in [1.165, 1.54) is 16.7 Å². The topological polar surface area (TPSA) is 39.7 Å². The smallest absolute Gasteiger partial charge is 0.0889 e. The van der Waals surface area contributed by atoms with Crippen molar-refractivity contribution < 1.29 is 0 Å². The van der Waals surface area contributed by atoms with Gasteiger partial charge in [0.15, 0.2) is 0 Å². The van der Waals surface area contributed by atoms with Crippen LogP contribution in [-0.2, 0) is 6.42 Å². The van der Waals surface area contributed by atoms with Gasteiger partial charge in [0.05, 0.1) is 12.1 Å². The minimum atomic E-state index is -0.000543. The standard InChI is InChI=1S/C25H36N4/c1-8-14-27-25(16-26-5)23(17-29(6)7)18(3)19(4)28-24-13-11-21-15-20(9-2)10-12-22(21)24/h9-10,12,14-15,17,24-26,28H,2-4,8,11,13,16H2,1,5-7H3/b23-17-,27-14?/t24-,25?/m0/s1. The van der Waals surface area contributed by atoms with Crippen LogP contribution in [0.3, 0.4) is 0 Å². The van der Waals surface area contributed by atoms with Crippen molar-refractivity contribution in [2.75, 3.05) is 27.7 Å². The van der Waals surface area contributed by atoms with Crippen LogP contribution in [0.1, 0.15) is 42.5 Å². The molecule has 2 rings (SSSR count). The number of nitrogens with zero attached hydrogens (tertiary/aromatic N) is 2. The molecule has 0 bridgehead atoms. The summed E-state index contributed by atoms with van der Waals surface area (Å²) >= 11 is 0. The van der Waals surface area contributed by atoms with Crippen molar-refractivity contribution in [1.29, 1.82) is 0 Å². The average molecular weight is 393 g/mol. The van der Waals surface area contributed by atoms with Crippen LogP contribution in [0.2, 0.25) is 0 Å². The zero-order valence-corrected chi connectivity index (χ0v) is 18.5. The molecule has 2 atom stereocenters. The molecule has 4 nitrogen and oxygen atoms in total. The number of nitrogens with one attached hydrogen (secondary N) is 2. The number of allylic oxidation sites excluding steroid dienone is 1. The van der Waals surface area contributed by atoms with Gasteiger partial charge < -0.3 is 15.5 Å². The van der Waals surface area contributed by atoms with Gasteiger partial charge in [0.25, 0.3) is 0 Å². The van der Waals surface area contributed by atoms with Gasteiger partial charge in [0, 0.05) is 38.1 Å². The van der Waals surface area contributed by atoms with Gasteiger partial charge in [0.2, 0.25) is 0 Å². The zero-order valence-electron chi connectivity index (χ0n) is 18.5. The highest BCUT2D eigenvalue weighted by Crippen LogP contribution is 2.34. The normalized spacial score (nSPS) is 17.1. The molecule has 1 aromatic carbocycles. The van der Waals surface area contributed by atoms with Gasteiger partial charge >= 0.3 is 0 Å². The van der Waals surface area contributed by atoms with Crippen molar-refractivity contribution in [3.8, 4) is 0 Å². The summed E-state index contributed by atoms with van der Waals surface area (Å²) in [5, 5.41) is 6.88. The van der Waals surface area contributed by atoms with Gasteiger partial charge in [-0.1, -0.05) is 50.9 Å². The summed E-state index contributed by atoms with van der Waals surface area (Å²) in [4.78, 5) is 6.80. The number of aryl methyl sites for hydroxylation is 1. The Hall–Kier alpha value is -2.59. The first kappa shape index (κ1) is 22.7. The Morgan fingerprint density at radius 1 is 1.34 bits per heavy atom. The van der Waals surface area contributed by atoms with Gasteiger partial charge in [-0.2, -0.15) is 0 Å². The second-order valence-corrected chi connectivity index (χ2v) is 7.72. The first-order valence-electron chi connectivity index (χ1n) is 10.4. The van der Waals surface area contributed by atoms with E-state index in [9.17, 15) is 0 Å². The summed E-state index contributed by atoms with van der Waals surface area (Å²) in [6.45, 7) is 15.4. The monoisotopic (exact) mass is 392 g/mol. The number of benzene rings is 1. The maximum atomic E-state index is 4.75. The maximum absolute atomic E-state index is 4.75. The summed E-state index contributed by atoms with van der Waals surface area (Å²) in [5.41, 5.74) is 6.75. The van der Waals surface area contributed by atoms with Gasteiger partial charge in [-0.05, 0) is 54.8 Å². The first-order valence-corrected chi connectivity index (χ1v) is 10.4. The molecule has 0 radical (unpaired) electrons. The van der Waals surface area contributed by atoms with E-state index < -0.39 is 0 Å². The van der Waals surface area contributed by atoms with Crippen molar-refractivity contribution >= 4 is 12.3 Å². The summed E-state index contributed by atoms with van der Waals surface area (Å²) in [5.74, 6) is 0. The molecule has 4 heteroatoms. The van der Waals surface area contributed by atoms with Gasteiger partial charge in [-0.25, -0.2) is 0 Å². The Morgan fingerprint density at radius 3 is 2.72 bits per heavy atom. The van der Waals surface area contributed by atoms with Gasteiger partial charge in [0.1, 0.15) is 0 Å². The van der Waals surface area contributed by atoms with E-state index in [2.05, 4.69) is 61.7 Å². The summed E-state index contributed by atoms with van der Waals surface area (Å²) in [6, 6.07) is 6.83. The van der Waals surface area contributed by atoms with Crippen LogP contribution in [0.15, 0.2) is 66.0 Å². The lowest BCUT2D eigenvalue weighted by Crippen LogP contribution is -2.28. The van der Waals surface area contributed by atoms with E-state index in [1.54, 1.807) is 0 Å². The van der Waals surface area contributed by atoms with Crippen LogP contribution in [-0.4, -0.2) is 44.8 Å². The molecule has 0 amide bonds. The second kappa shape index (κ2) is 10.8. The fourth-order valence-electron chi connectivity index (χ4n) is 3.70. The minimum absolute atomic E-state index is 0.000543. The van der Waals surface area contributed by atoms with Gasteiger partial charge in [-0.15, -0.1) is 0 Å². The molecular weight excluding hydrogens is 356 g/mol. The van der Waals surface area contributed by atoms with E-state index in [1.807, 2.05) is 38.3 Å². The van der Waals surface area contributed by atoms with Crippen LogP contribution in [0.25, 0.3) is 6.08 Å². The maximum Gasteiger partial charge on any atom is 0.0889 e. The van der Waals surface area contributed by atoms with Crippen molar-refractivity contribution in [2.45, 2.75) is 38.3 Å². The molecule has 0 aliphatic heterocycles. The van der Waals surface area contributed by atoms with Gasteiger partial charge in [-0.3, -0.25) is 4.99 Å². The highest BCUT2D eigenvalue weighted by Gasteiger charge is 2.24. The molecule has 0 fully saturated rings. The summed E-state index contributed by atoms with van der Waals surface area (Å²) < 4.78 is 0. The van der Waals surface area contributed by atoms with Crippen LogP contribution < -0.4 is 10.6 Å². The van der Waals surface area contributed by atoms with Crippen LogP contribution >= 0.6 is 0 Å². The quantitative estimate of drug-likeness (QED) is 0.430. The molecule has 1 aliphatic rings. The predicted molar refractivity (Wildman–Crippen MR) is 127 cm³/mol. The third kappa shape index (κ3) is 5.94. The Kier molecular flexibility index (Phi) is 8.47. The number of hydrogen-bond donors (Lipinski definition) is 2. The lowest BCUT2D eigenvalue weighted by molar-refractivity contribution is 0.547. The van der Waals surface area contributed by atoms with E-state index in [0.717, 1.165) is 42.7 Å². The minimum Gasteiger partial charge on any atom is -0.383 e.